The van der Waals surface area contributed by atoms with Crippen LogP contribution in [0.25, 0.3) is 17.1 Å². The van der Waals surface area contributed by atoms with Crippen LogP contribution in [-0.2, 0) is 16.1 Å². The van der Waals surface area contributed by atoms with E-state index >= 15 is 0 Å². The van der Waals surface area contributed by atoms with Crippen LogP contribution in [0.5, 0.6) is 11.5 Å². The van der Waals surface area contributed by atoms with E-state index in [0.717, 1.165) is 0 Å². The van der Waals surface area contributed by atoms with Crippen molar-refractivity contribution in [3.8, 4) is 22.8 Å². The fourth-order valence-electron chi connectivity index (χ4n) is 2.86. The summed E-state index contributed by atoms with van der Waals surface area (Å²) in [6, 6.07) is 5.32. The third kappa shape index (κ3) is 1.81. The first-order valence-electron chi connectivity index (χ1n) is 6.95. The van der Waals surface area contributed by atoms with Crippen LogP contribution in [0, 0.1) is 0 Å². The zero-order valence-electron chi connectivity index (χ0n) is 12.5. The molecule has 6 heteroatoms. The number of hydrogen-bond acceptors (Lipinski definition) is 6. The molecule has 1 aliphatic carbocycles. The van der Waals surface area contributed by atoms with E-state index < -0.39 is 11.6 Å². The molecule has 1 aliphatic heterocycles. The van der Waals surface area contributed by atoms with Gasteiger partial charge in [-0.05, 0) is 12.1 Å². The minimum Gasteiger partial charge on any atom is -0.497 e. The molecule has 0 saturated carbocycles. The number of allylic oxidation sites excluding steroid dienone is 1. The van der Waals surface area contributed by atoms with Crippen LogP contribution in [0.4, 0.5) is 0 Å². The molecule has 2 aliphatic rings. The van der Waals surface area contributed by atoms with Gasteiger partial charge in [0.05, 0.1) is 25.3 Å². The molecule has 2 heterocycles. The third-order valence-electron chi connectivity index (χ3n) is 3.97. The molecule has 4 rings (SSSR count). The van der Waals surface area contributed by atoms with Crippen molar-refractivity contribution in [3.63, 3.8) is 0 Å². The van der Waals surface area contributed by atoms with E-state index in [-0.39, 0.29) is 12.4 Å². The second-order valence-electron chi connectivity index (χ2n) is 5.17. The van der Waals surface area contributed by atoms with Gasteiger partial charge in [-0.1, -0.05) is 0 Å². The number of methoxy groups -OCH3 is 2. The van der Waals surface area contributed by atoms with Crippen molar-refractivity contribution < 1.29 is 28.2 Å². The van der Waals surface area contributed by atoms with Gasteiger partial charge >= 0.3 is 0 Å². The van der Waals surface area contributed by atoms with E-state index in [4.69, 9.17) is 18.6 Å². The normalized spacial score (nSPS) is 15.1. The smallest absolute Gasteiger partial charge is 0.268 e. The molecule has 6 nitrogen and oxygen atoms in total. The van der Waals surface area contributed by atoms with Crippen molar-refractivity contribution in [2.45, 2.75) is 6.61 Å². The summed E-state index contributed by atoms with van der Waals surface area (Å²) in [6.45, 7) is 0.219. The van der Waals surface area contributed by atoms with Crippen LogP contribution in [0.15, 0.2) is 28.7 Å². The third-order valence-corrected chi connectivity index (χ3v) is 3.97. The van der Waals surface area contributed by atoms with Gasteiger partial charge < -0.3 is 18.6 Å². The highest BCUT2D eigenvalue weighted by Crippen LogP contribution is 2.45. The molecule has 0 radical (unpaired) electrons. The highest BCUT2D eigenvalue weighted by atomic mass is 16.5. The molecule has 0 amide bonds. The van der Waals surface area contributed by atoms with Gasteiger partial charge in [0, 0.05) is 17.7 Å². The van der Waals surface area contributed by atoms with Crippen molar-refractivity contribution in [1.29, 1.82) is 0 Å². The molecule has 0 N–H and O–H groups in total. The van der Waals surface area contributed by atoms with Crippen LogP contribution < -0.4 is 9.47 Å². The first kappa shape index (κ1) is 13.6. The minimum absolute atomic E-state index is 0.00613. The first-order chi connectivity index (χ1) is 11.1. The summed E-state index contributed by atoms with van der Waals surface area (Å²) in [6.07, 6.45) is 1.18. The average Bonchev–Trinajstić information content (AvgIpc) is 2.97. The van der Waals surface area contributed by atoms with E-state index in [2.05, 4.69) is 0 Å². The molecule has 116 valence electrons. The topological polar surface area (TPSA) is 75.0 Å². The van der Waals surface area contributed by atoms with E-state index in [9.17, 15) is 9.59 Å². The Labute approximate surface area is 131 Å². The predicted molar refractivity (Wildman–Crippen MR) is 79.4 cm³/mol. The molecule has 0 atom stereocenters. The lowest BCUT2D eigenvalue weighted by atomic mass is 9.95. The Morgan fingerprint density at radius 2 is 1.91 bits per heavy atom. The summed E-state index contributed by atoms with van der Waals surface area (Å²) in [4.78, 5) is 23.9. The number of fused-ring (bicyclic) bond motifs is 5. The molecular formula is C17H12O6. The first-order valence-corrected chi connectivity index (χ1v) is 6.95. The highest BCUT2D eigenvalue weighted by Gasteiger charge is 2.37. The van der Waals surface area contributed by atoms with Gasteiger partial charge in [-0.2, -0.15) is 0 Å². The Kier molecular flexibility index (Phi) is 2.81. The van der Waals surface area contributed by atoms with Crippen molar-refractivity contribution >= 4 is 17.3 Å². The Balaban J connectivity index is 1.95. The Morgan fingerprint density at radius 1 is 1.09 bits per heavy atom. The number of carbonyl (C=O) groups is 2. The van der Waals surface area contributed by atoms with Gasteiger partial charge in [0.2, 0.25) is 5.78 Å². The lowest BCUT2D eigenvalue weighted by molar-refractivity contribution is -0.111. The van der Waals surface area contributed by atoms with E-state index in [1.54, 1.807) is 25.3 Å². The molecule has 0 spiro atoms. The summed E-state index contributed by atoms with van der Waals surface area (Å²) < 4.78 is 21.9. The molecule has 1 aromatic heterocycles. The molecule has 23 heavy (non-hydrogen) atoms. The van der Waals surface area contributed by atoms with Crippen LogP contribution in [0.3, 0.4) is 0 Å². The molecular weight excluding hydrogens is 300 g/mol. The van der Waals surface area contributed by atoms with Crippen LogP contribution in [-0.4, -0.2) is 25.8 Å². The monoisotopic (exact) mass is 312 g/mol. The van der Waals surface area contributed by atoms with Gasteiger partial charge in [-0.15, -0.1) is 0 Å². The van der Waals surface area contributed by atoms with Gasteiger partial charge in [-0.3, -0.25) is 9.59 Å². The summed E-state index contributed by atoms with van der Waals surface area (Å²) >= 11 is 0. The number of ketones is 2. The largest absolute Gasteiger partial charge is 0.497 e. The molecule has 0 bridgehead atoms. The maximum atomic E-state index is 12.1. The van der Waals surface area contributed by atoms with E-state index in [1.807, 2.05) is 0 Å². The highest BCUT2D eigenvalue weighted by molar-refractivity contribution is 6.49. The Hall–Kier alpha value is -3.02. The summed E-state index contributed by atoms with van der Waals surface area (Å²) in [5.74, 6) is 0.769. The zero-order chi connectivity index (χ0) is 16.1. The minimum atomic E-state index is -0.676. The zero-order valence-corrected chi connectivity index (χ0v) is 12.5. The van der Waals surface area contributed by atoms with Crippen molar-refractivity contribution in [3.05, 3.63) is 41.2 Å². The van der Waals surface area contributed by atoms with Gasteiger partial charge in [-0.25, -0.2) is 0 Å². The Bertz CT molecular complexity index is 887. The molecule has 0 saturated heterocycles. The second kappa shape index (κ2) is 4.74. The number of Topliss-reactive ketones (excluding diaryl/α,β-unsaturated/α-hetero) is 1. The standard InChI is InChI=1S/C17H12O6/c1-20-8-3-4-9-12(5-8)22-7-10-14-13(21-2)6-11(18)15(19)17(14)23-16(9)10/h3-6H,7H2,1-2H3. The number of ether oxygens (including phenoxy) is 3. The van der Waals surface area contributed by atoms with E-state index in [1.165, 1.54) is 13.2 Å². The van der Waals surface area contributed by atoms with Crippen molar-refractivity contribution in [1.82, 2.24) is 0 Å². The number of benzene rings is 1. The van der Waals surface area contributed by atoms with Crippen LogP contribution in [0.2, 0.25) is 0 Å². The van der Waals surface area contributed by atoms with Gasteiger partial charge in [0.25, 0.3) is 5.78 Å². The fourth-order valence-corrected chi connectivity index (χ4v) is 2.86. The summed E-state index contributed by atoms with van der Waals surface area (Å²) in [5.41, 5.74) is 1.90. The fraction of sp³-hybridized carbons (Fsp3) is 0.176. The van der Waals surface area contributed by atoms with E-state index in [0.29, 0.717) is 39.7 Å². The molecule has 1 aromatic carbocycles. The molecule has 0 fully saturated rings. The maximum absolute atomic E-state index is 12.1. The lowest BCUT2D eigenvalue weighted by Crippen LogP contribution is -2.18. The maximum Gasteiger partial charge on any atom is 0.268 e. The number of rotatable bonds is 2. The summed E-state index contributed by atoms with van der Waals surface area (Å²) in [7, 11) is 3.02. The SMILES string of the molecule is COC1=CC(=O)C(=O)c2oc3c(c21)COc1cc(OC)ccc1-3. The number of hydrogen-bond donors (Lipinski definition) is 0. The van der Waals surface area contributed by atoms with Gasteiger partial charge in [0.1, 0.15) is 29.6 Å². The average molecular weight is 312 g/mol. The quantitative estimate of drug-likeness (QED) is 0.794. The molecule has 0 unspecified atom stereocenters. The number of carbonyl (C=O) groups excluding carboxylic acids is 2. The lowest BCUT2D eigenvalue weighted by Gasteiger charge is -2.18. The second-order valence-corrected chi connectivity index (χ2v) is 5.17. The van der Waals surface area contributed by atoms with Crippen molar-refractivity contribution in [2.75, 3.05) is 14.2 Å². The van der Waals surface area contributed by atoms with Crippen LogP contribution in [0.1, 0.15) is 21.7 Å². The molecule has 2 aromatic rings. The van der Waals surface area contributed by atoms with Crippen LogP contribution >= 0.6 is 0 Å². The van der Waals surface area contributed by atoms with Crippen molar-refractivity contribution in [2.24, 2.45) is 0 Å². The number of furan rings is 1. The van der Waals surface area contributed by atoms with Gasteiger partial charge in [0.15, 0.2) is 5.76 Å². The predicted octanol–water partition coefficient (Wildman–Crippen LogP) is 2.60. The Morgan fingerprint density at radius 3 is 2.65 bits per heavy atom. The summed E-state index contributed by atoms with van der Waals surface area (Å²) in [5, 5.41) is 0.